The molecule has 0 atom stereocenters. The van der Waals surface area contributed by atoms with E-state index in [4.69, 9.17) is 23.2 Å². The predicted molar refractivity (Wildman–Crippen MR) is 133 cm³/mol. The van der Waals surface area contributed by atoms with E-state index in [2.05, 4.69) is 9.62 Å². The Balaban J connectivity index is 1.50. The molecule has 1 aliphatic heterocycles. The molecule has 0 saturated carbocycles. The van der Waals surface area contributed by atoms with E-state index in [-0.39, 0.29) is 21.2 Å². The Hall–Kier alpha value is -2.95. The number of piperazine rings is 1. The van der Waals surface area contributed by atoms with Crippen LogP contribution >= 0.6 is 23.2 Å². The number of nitrogens with one attached hydrogen (secondary N) is 1. The van der Waals surface area contributed by atoms with E-state index in [0.29, 0.717) is 37.3 Å². The smallest absolute Gasteiger partial charge is 0.368 e. The van der Waals surface area contributed by atoms with Gasteiger partial charge in [-0.25, -0.2) is 8.42 Å². The van der Waals surface area contributed by atoms with E-state index in [1.165, 1.54) is 18.2 Å². The highest BCUT2D eigenvalue weighted by Crippen LogP contribution is 2.32. The maximum Gasteiger partial charge on any atom is 0.416 e. The number of rotatable bonds is 5. The molecule has 0 aromatic heterocycles. The summed E-state index contributed by atoms with van der Waals surface area (Å²) >= 11 is 12.3. The van der Waals surface area contributed by atoms with Gasteiger partial charge in [0.05, 0.1) is 21.0 Å². The number of halogens is 5. The average molecular weight is 558 g/mol. The molecule has 36 heavy (non-hydrogen) atoms. The first-order valence-corrected chi connectivity index (χ1v) is 13.0. The van der Waals surface area contributed by atoms with Crippen molar-refractivity contribution in [2.24, 2.45) is 0 Å². The fourth-order valence-electron chi connectivity index (χ4n) is 3.82. The minimum atomic E-state index is -4.63. The molecule has 1 amide bonds. The predicted octanol–water partition coefficient (Wildman–Crippen LogP) is 5.78. The molecule has 1 N–H and O–H groups in total. The summed E-state index contributed by atoms with van der Waals surface area (Å²) in [5.74, 6) is -0.443. The molecule has 0 spiro atoms. The quantitative estimate of drug-likeness (QED) is 0.432. The zero-order valence-electron chi connectivity index (χ0n) is 18.6. The molecule has 3 aromatic carbocycles. The highest BCUT2D eigenvalue weighted by atomic mass is 35.5. The number of benzene rings is 3. The molecule has 1 fully saturated rings. The molecule has 0 unspecified atom stereocenters. The number of hydrogen-bond acceptors (Lipinski definition) is 4. The topological polar surface area (TPSA) is 69.7 Å². The van der Waals surface area contributed by atoms with Crippen molar-refractivity contribution in [3.63, 3.8) is 0 Å². The zero-order chi connectivity index (χ0) is 26.1. The van der Waals surface area contributed by atoms with Crippen molar-refractivity contribution in [1.82, 2.24) is 4.90 Å². The Labute approximate surface area is 216 Å². The second-order valence-corrected chi connectivity index (χ2v) is 10.6. The van der Waals surface area contributed by atoms with Crippen molar-refractivity contribution in [3.05, 3.63) is 87.9 Å². The first kappa shape index (κ1) is 26.1. The molecule has 1 aliphatic rings. The summed E-state index contributed by atoms with van der Waals surface area (Å²) in [4.78, 5) is 16.5. The zero-order valence-corrected chi connectivity index (χ0v) is 20.9. The summed E-state index contributed by atoms with van der Waals surface area (Å²) in [6.45, 7) is 1.83. The Kier molecular flexibility index (Phi) is 7.40. The molecular formula is C24H20Cl2F3N3O3S. The third kappa shape index (κ3) is 5.88. The van der Waals surface area contributed by atoms with Gasteiger partial charge < -0.3 is 9.80 Å². The van der Waals surface area contributed by atoms with Crippen LogP contribution in [0.5, 0.6) is 0 Å². The molecule has 4 rings (SSSR count). The Morgan fingerprint density at radius 3 is 2.25 bits per heavy atom. The number of nitrogens with zero attached hydrogens (tertiary/aromatic N) is 2. The molecule has 3 aromatic rings. The Morgan fingerprint density at radius 2 is 1.58 bits per heavy atom. The lowest BCUT2D eigenvalue weighted by Gasteiger charge is -2.36. The van der Waals surface area contributed by atoms with Gasteiger partial charge in [-0.15, -0.1) is 0 Å². The summed E-state index contributed by atoms with van der Waals surface area (Å²) < 4.78 is 66.8. The summed E-state index contributed by atoms with van der Waals surface area (Å²) in [5.41, 5.74) is -0.336. The number of alkyl halides is 3. The highest BCUT2D eigenvalue weighted by Gasteiger charge is 2.31. The number of hydrogen-bond donors (Lipinski definition) is 1. The third-order valence-electron chi connectivity index (χ3n) is 5.66. The van der Waals surface area contributed by atoms with Gasteiger partial charge >= 0.3 is 6.18 Å². The van der Waals surface area contributed by atoms with Gasteiger partial charge in [0.15, 0.2) is 0 Å². The van der Waals surface area contributed by atoms with E-state index in [1.807, 2.05) is 18.2 Å². The first-order valence-electron chi connectivity index (χ1n) is 10.7. The first-order chi connectivity index (χ1) is 16.9. The lowest BCUT2D eigenvalue weighted by molar-refractivity contribution is -0.137. The lowest BCUT2D eigenvalue weighted by atomic mass is 10.1. The number of sulfonamides is 1. The normalized spacial score (nSPS) is 14.6. The SMILES string of the molecule is O=C(c1cc(S(=O)(=O)Nc2cccc(C(F)(F)F)c2)ccc1Cl)N1CCN(c2cccc(Cl)c2)CC1. The summed E-state index contributed by atoms with van der Waals surface area (Å²) in [5, 5.41) is 0.671. The van der Waals surface area contributed by atoms with Gasteiger partial charge in [0.2, 0.25) is 0 Å². The highest BCUT2D eigenvalue weighted by molar-refractivity contribution is 7.92. The monoisotopic (exact) mass is 557 g/mol. The van der Waals surface area contributed by atoms with Crippen LogP contribution in [0.15, 0.2) is 71.6 Å². The standard InChI is InChI=1S/C24H20Cl2F3N3O3S/c25-17-4-2-6-19(14-17)31-9-11-32(12-10-31)23(33)21-15-20(7-8-22(21)26)36(34,35)30-18-5-1-3-16(13-18)24(27,28)29/h1-8,13-15,30H,9-12H2. The van der Waals surface area contributed by atoms with Crippen molar-refractivity contribution >= 4 is 50.5 Å². The van der Waals surface area contributed by atoms with Gasteiger partial charge in [0, 0.05) is 42.6 Å². The van der Waals surface area contributed by atoms with Crippen LogP contribution in [0.4, 0.5) is 24.5 Å². The van der Waals surface area contributed by atoms with Crippen LogP contribution in [0.3, 0.4) is 0 Å². The summed E-state index contributed by atoms with van der Waals surface area (Å²) in [6.07, 6.45) is -4.63. The maximum absolute atomic E-state index is 13.2. The van der Waals surface area contributed by atoms with E-state index < -0.39 is 27.7 Å². The third-order valence-corrected chi connectivity index (χ3v) is 7.60. The molecule has 0 radical (unpaired) electrons. The molecule has 6 nitrogen and oxygen atoms in total. The van der Waals surface area contributed by atoms with Crippen molar-refractivity contribution in [2.45, 2.75) is 11.1 Å². The van der Waals surface area contributed by atoms with Crippen molar-refractivity contribution < 1.29 is 26.4 Å². The van der Waals surface area contributed by atoms with Gasteiger partial charge in [-0.1, -0.05) is 35.3 Å². The van der Waals surface area contributed by atoms with Crippen LogP contribution in [0.25, 0.3) is 0 Å². The van der Waals surface area contributed by atoms with Crippen LogP contribution in [0.1, 0.15) is 15.9 Å². The van der Waals surface area contributed by atoms with Crippen molar-refractivity contribution in [3.8, 4) is 0 Å². The van der Waals surface area contributed by atoms with Crippen molar-refractivity contribution in [1.29, 1.82) is 0 Å². The van der Waals surface area contributed by atoms with Crippen LogP contribution in [0.2, 0.25) is 10.0 Å². The Bertz CT molecular complexity index is 1390. The van der Waals surface area contributed by atoms with Crippen LogP contribution < -0.4 is 9.62 Å². The largest absolute Gasteiger partial charge is 0.416 e. The van der Waals surface area contributed by atoms with Crippen LogP contribution in [-0.2, 0) is 16.2 Å². The second-order valence-electron chi connectivity index (χ2n) is 8.08. The number of carbonyl (C=O) groups is 1. The fraction of sp³-hybridized carbons (Fsp3) is 0.208. The minimum Gasteiger partial charge on any atom is -0.368 e. The molecule has 0 bridgehead atoms. The van der Waals surface area contributed by atoms with Gasteiger partial charge in [-0.05, 0) is 54.6 Å². The van der Waals surface area contributed by atoms with Gasteiger partial charge in [-0.3, -0.25) is 9.52 Å². The van der Waals surface area contributed by atoms with Crippen LogP contribution in [-0.4, -0.2) is 45.4 Å². The van der Waals surface area contributed by atoms with E-state index in [9.17, 15) is 26.4 Å². The van der Waals surface area contributed by atoms with E-state index in [0.717, 1.165) is 23.9 Å². The van der Waals surface area contributed by atoms with Crippen LogP contribution in [0, 0.1) is 0 Å². The molecular weight excluding hydrogens is 538 g/mol. The van der Waals surface area contributed by atoms with Gasteiger partial charge in [0.25, 0.3) is 15.9 Å². The lowest BCUT2D eigenvalue weighted by Crippen LogP contribution is -2.48. The van der Waals surface area contributed by atoms with Gasteiger partial charge in [-0.2, -0.15) is 13.2 Å². The molecule has 190 valence electrons. The molecule has 1 heterocycles. The maximum atomic E-state index is 13.2. The van der Waals surface area contributed by atoms with E-state index in [1.54, 1.807) is 11.0 Å². The molecule has 0 aliphatic carbocycles. The van der Waals surface area contributed by atoms with E-state index >= 15 is 0 Å². The number of amides is 1. The minimum absolute atomic E-state index is 0.0141. The average Bonchev–Trinajstić information content (AvgIpc) is 2.83. The number of carbonyl (C=O) groups excluding carboxylic acids is 1. The Morgan fingerprint density at radius 1 is 0.889 bits per heavy atom. The van der Waals surface area contributed by atoms with Crippen molar-refractivity contribution in [2.75, 3.05) is 35.8 Å². The molecule has 12 heteroatoms. The summed E-state index contributed by atoms with van der Waals surface area (Å²) in [6, 6.07) is 14.8. The fourth-order valence-corrected chi connectivity index (χ4v) is 5.28. The number of anilines is 2. The summed E-state index contributed by atoms with van der Waals surface area (Å²) in [7, 11) is -4.30. The second kappa shape index (κ2) is 10.2. The molecule has 1 saturated heterocycles. The van der Waals surface area contributed by atoms with Gasteiger partial charge in [0.1, 0.15) is 0 Å².